The van der Waals surface area contributed by atoms with Crippen LogP contribution in [0.15, 0.2) is 42.7 Å². The zero-order chi connectivity index (χ0) is 12.4. The summed E-state index contributed by atoms with van der Waals surface area (Å²) >= 11 is 0. The lowest BCUT2D eigenvalue weighted by molar-refractivity contribution is 0.306. The molecule has 2 aromatic heterocycles. The summed E-state index contributed by atoms with van der Waals surface area (Å²) in [6.07, 6.45) is 3.56. The second-order valence-electron chi connectivity index (χ2n) is 4.15. The summed E-state index contributed by atoms with van der Waals surface area (Å²) in [6.45, 7) is 2.46. The van der Waals surface area contributed by atoms with Gasteiger partial charge in [0.2, 0.25) is 0 Å². The van der Waals surface area contributed by atoms with E-state index < -0.39 is 0 Å². The maximum absolute atomic E-state index is 5.72. The number of aromatic amines is 1. The summed E-state index contributed by atoms with van der Waals surface area (Å²) in [4.78, 5) is 11.6. The van der Waals surface area contributed by atoms with Crippen LogP contribution in [0.1, 0.15) is 11.4 Å². The minimum Gasteiger partial charge on any atom is -0.489 e. The average Bonchev–Trinajstić information content (AvgIpc) is 2.77. The number of imidazole rings is 1. The average molecular weight is 239 g/mol. The highest BCUT2D eigenvalue weighted by Crippen LogP contribution is 2.19. The molecule has 0 fully saturated rings. The highest BCUT2D eigenvalue weighted by Gasteiger charge is 2.01. The van der Waals surface area contributed by atoms with Crippen molar-refractivity contribution in [2.75, 3.05) is 0 Å². The van der Waals surface area contributed by atoms with Gasteiger partial charge in [-0.15, -0.1) is 0 Å². The fraction of sp³-hybridized carbons (Fsp3) is 0.143. The van der Waals surface area contributed by atoms with Gasteiger partial charge < -0.3 is 9.72 Å². The number of nitrogens with one attached hydrogen (secondary N) is 1. The fourth-order valence-electron chi connectivity index (χ4n) is 1.86. The lowest BCUT2D eigenvalue weighted by Gasteiger charge is -2.05. The molecule has 90 valence electrons. The first-order valence-electron chi connectivity index (χ1n) is 5.79. The van der Waals surface area contributed by atoms with Crippen LogP contribution in [-0.2, 0) is 6.61 Å². The third-order valence-corrected chi connectivity index (χ3v) is 2.70. The van der Waals surface area contributed by atoms with Crippen LogP contribution in [0.25, 0.3) is 11.0 Å². The van der Waals surface area contributed by atoms with E-state index in [-0.39, 0.29) is 0 Å². The van der Waals surface area contributed by atoms with E-state index in [1.165, 1.54) is 0 Å². The molecule has 3 aromatic rings. The van der Waals surface area contributed by atoms with E-state index in [2.05, 4.69) is 15.0 Å². The van der Waals surface area contributed by atoms with E-state index in [1.807, 2.05) is 37.3 Å². The summed E-state index contributed by atoms with van der Waals surface area (Å²) < 4.78 is 5.72. The molecule has 0 aliphatic rings. The van der Waals surface area contributed by atoms with Gasteiger partial charge in [-0.2, -0.15) is 0 Å². The molecule has 1 N–H and O–H groups in total. The van der Waals surface area contributed by atoms with Crippen LogP contribution in [-0.4, -0.2) is 15.0 Å². The third-order valence-electron chi connectivity index (χ3n) is 2.70. The van der Waals surface area contributed by atoms with Gasteiger partial charge in [0.05, 0.1) is 11.0 Å². The topological polar surface area (TPSA) is 50.8 Å². The molecule has 2 heterocycles. The van der Waals surface area contributed by atoms with Gasteiger partial charge in [-0.1, -0.05) is 6.07 Å². The number of pyridine rings is 1. The summed E-state index contributed by atoms with van der Waals surface area (Å²) in [7, 11) is 0. The molecule has 0 saturated heterocycles. The second-order valence-corrected chi connectivity index (χ2v) is 4.15. The Balaban J connectivity index is 1.78. The van der Waals surface area contributed by atoms with E-state index in [0.717, 1.165) is 28.2 Å². The first kappa shape index (κ1) is 10.8. The number of H-pyrrole nitrogens is 1. The Morgan fingerprint density at radius 1 is 1.28 bits per heavy atom. The zero-order valence-electron chi connectivity index (χ0n) is 10.1. The first-order chi connectivity index (χ1) is 8.81. The number of aromatic nitrogens is 3. The van der Waals surface area contributed by atoms with Crippen molar-refractivity contribution >= 4 is 11.0 Å². The monoisotopic (exact) mass is 239 g/mol. The maximum atomic E-state index is 5.72. The van der Waals surface area contributed by atoms with Crippen molar-refractivity contribution in [3.63, 3.8) is 0 Å². The van der Waals surface area contributed by atoms with Gasteiger partial charge >= 0.3 is 0 Å². The van der Waals surface area contributed by atoms with E-state index in [4.69, 9.17) is 4.74 Å². The molecule has 0 unspecified atom stereocenters. The van der Waals surface area contributed by atoms with Crippen LogP contribution in [0.2, 0.25) is 0 Å². The Kier molecular flexibility index (Phi) is 2.68. The third kappa shape index (κ3) is 2.18. The Morgan fingerprint density at radius 3 is 3.06 bits per heavy atom. The van der Waals surface area contributed by atoms with Crippen LogP contribution < -0.4 is 4.74 Å². The first-order valence-corrected chi connectivity index (χ1v) is 5.79. The molecule has 0 atom stereocenters. The Bertz CT molecular complexity index is 661. The van der Waals surface area contributed by atoms with Crippen molar-refractivity contribution in [1.29, 1.82) is 0 Å². The molecule has 0 amide bonds. The van der Waals surface area contributed by atoms with Gasteiger partial charge in [-0.05, 0) is 25.1 Å². The molecule has 4 nitrogen and oxygen atoms in total. The quantitative estimate of drug-likeness (QED) is 0.764. The number of ether oxygens (including phenoxy) is 1. The number of hydrogen-bond donors (Lipinski definition) is 1. The molecule has 4 heteroatoms. The number of hydrogen-bond acceptors (Lipinski definition) is 3. The SMILES string of the molecule is Cc1nc2ccc(OCc3cccnc3)cc2[nH]1. The van der Waals surface area contributed by atoms with Crippen molar-refractivity contribution in [3.05, 3.63) is 54.1 Å². The number of nitrogens with zero attached hydrogens (tertiary/aromatic N) is 2. The predicted octanol–water partition coefficient (Wildman–Crippen LogP) is 2.85. The zero-order valence-corrected chi connectivity index (χ0v) is 10.1. The Hall–Kier alpha value is -2.36. The van der Waals surface area contributed by atoms with Crippen molar-refractivity contribution in [3.8, 4) is 5.75 Å². The summed E-state index contributed by atoms with van der Waals surface area (Å²) in [5.41, 5.74) is 3.01. The number of aryl methyl sites for hydroxylation is 1. The lowest BCUT2D eigenvalue weighted by Crippen LogP contribution is -1.95. The summed E-state index contributed by atoms with van der Waals surface area (Å²) in [5.74, 6) is 1.74. The number of rotatable bonds is 3. The van der Waals surface area contributed by atoms with Gasteiger partial charge in [0.1, 0.15) is 18.2 Å². The minimum atomic E-state index is 0.520. The van der Waals surface area contributed by atoms with Crippen molar-refractivity contribution in [2.24, 2.45) is 0 Å². The predicted molar refractivity (Wildman–Crippen MR) is 69.4 cm³/mol. The highest BCUT2D eigenvalue weighted by molar-refractivity contribution is 5.76. The number of fused-ring (bicyclic) bond motifs is 1. The summed E-state index contributed by atoms with van der Waals surface area (Å²) in [6, 6.07) is 9.74. The van der Waals surface area contributed by atoms with Crippen LogP contribution in [0, 0.1) is 6.92 Å². The van der Waals surface area contributed by atoms with Gasteiger partial charge in [0, 0.05) is 24.0 Å². The fourth-order valence-corrected chi connectivity index (χ4v) is 1.86. The molecule has 0 aliphatic heterocycles. The molecule has 3 rings (SSSR count). The molecular formula is C14H13N3O. The molecule has 0 bridgehead atoms. The maximum Gasteiger partial charge on any atom is 0.122 e. The van der Waals surface area contributed by atoms with Crippen LogP contribution >= 0.6 is 0 Å². The molecule has 0 radical (unpaired) electrons. The van der Waals surface area contributed by atoms with Gasteiger partial charge in [-0.3, -0.25) is 4.98 Å². The molecule has 0 spiro atoms. The highest BCUT2D eigenvalue weighted by atomic mass is 16.5. The smallest absolute Gasteiger partial charge is 0.122 e. The van der Waals surface area contributed by atoms with Crippen LogP contribution in [0.5, 0.6) is 5.75 Å². The van der Waals surface area contributed by atoms with Gasteiger partial charge in [0.15, 0.2) is 0 Å². The van der Waals surface area contributed by atoms with Crippen molar-refractivity contribution in [1.82, 2.24) is 15.0 Å². The standard InChI is InChI=1S/C14H13N3O/c1-10-16-13-5-4-12(7-14(13)17-10)18-9-11-3-2-6-15-8-11/h2-8H,9H2,1H3,(H,16,17). The van der Waals surface area contributed by atoms with E-state index in [0.29, 0.717) is 6.61 Å². The van der Waals surface area contributed by atoms with Crippen molar-refractivity contribution < 1.29 is 4.74 Å². The Labute approximate surface area is 105 Å². The normalized spacial score (nSPS) is 10.7. The van der Waals surface area contributed by atoms with E-state index in [9.17, 15) is 0 Å². The van der Waals surface area contributed by atoms with Crippen LogP contribution in [0.3, 0.4) is 0 Å². The number of benzene rings is 1. The molecule has 1 aromatic carbocycles. The molecule has 0 saturated carbocycles. The van der Waals surface area contributed by atoms with Gasteiger partial charge in [-0.25, -0.2) is 4.98 Å². The second kappa shape index (κ2) is 4.49. The van der Waals surface area contributed by atoms with E-state index in [1.54, 1.807) is 12.4 Å². The minimum absolute atomic E-state index is 0.520. The van der Waals surface area contributed by atoms with Gasteiger partial charge in [0.25, 0.3) is 0 Å². The molecular weight excluding hydrogens is 226 g/mol. The van der Waals surface area contributed by atoms with Crippen LogP contribution in [0.4, 0.5) is 0 Å². The Morgan fingerprint density at radius 2 is 2.22 bits per heavy atom. The van der Waals surface area contributed by atoms with Crippen molar-refractivity contribution in [2.45, 2.75) is 13.5 Å². The summed E-state index contributed by atoms with van der Waals surface area (Å²) in [5, 5.41) is 0. The molecule has 18 heavy (non-hydrogen) atoms. The lowest BCUT2D eigenvalue weighted by atomic mass is 10.3. The largest absolute Gasteiger partial charge is 0.489 e. The van der Waals surface area contributed by atoms with E-state index >= 15 is 0 Å². The molecule has 0 aliphatic carbocycles.